The molecule has 2 heterocycles. The smallest absolute Gasteiger partial charge is 0.172 e. The van der Waals surface area contributed by atoms with E-state index in [1.807, 2.05) is 7.05 Å². The number of nitrogens with zero attached hydrogens (tertiary/aromatic N) is 2. The van der Waals surface area contributed by atoms with E-state index in [1.165, 1.54) is 11.1 Å². The van der Waals surface area contributed by atoms with Crippen molar-refractivity contribution < 1.29 is 9.13 Å². The molecule has 0 bridgehead atoms. The van der Waals surface area contributed by atoms with E-state index in [0.29, 0.717) is 0 Å². The van der Waals surface area contributed by atoms with Crippen molar-refractivity contribution in [3.05, 3.63) is 60.2 Å². The Labute approximate surface area is 136 Å². The minimum atomic E-state index is 0.263. The fourth-order valence-electron chi connectivity index (χ4n) is 2.03. The number of aryl methyl sites for hydroxylation is 2. The summed E-state index contributed by atoms with van der Waals surface area (Å²) in [5, 5.41) is 0. The highest BCUT2D eigenvalue weighted by molar-refractivity contribution is 5.17. The molecule has 2 aromatic rings. The Kier molecular flexibility index (Phi) is 5.87. The lowest BCUT2D eigenvalue weighted by Gasteiger charge is -2.17. The second kappa shape index (κ2) is 7.04. The second-order valence-electron chi connectivity index (χ2n) is 8.01. The molecule has 2 rings (SSSR count). The van der Waals surface area contributed by atoms with Gasteiger partial charge >= 0.3 is 0 Å². The zero-order valence-electron chi connectivity index (χ0n) is 15.5. The lowest BCUT2D eigenvalue weighted by atomic mass is 9.88. The number of pyridine rings is 2. The number of hydrogen-bond donors (Lipinski definition) is 0. The van der Waals surface area contributed by atoms with Crippen LogP contribution >= 0.6 is 0 Å². The van der Waals surface area contributed by atoms with Crippen LogP contribution in [0.2, 0.25) is 0 Å². The van der Waals surface area contributed by atoms with Gasteiger partial charge in [-0.3, -0.25) is 0 Å². The van der Waals surface area contributed by atoms with Gasteiger partial charge in [0.25, 0.3) is 0 Å². The number of aromatic nitrogens is 2. The molecule has 2 heteroatoms. The molecule has 0 saturated heterocycles. The van der Waals surface area contributed by atoms with Crippen molar-refractivity contribution in [3.63, 3.8) is 0 Å². The minimum Gasteiger partial charge on any atom is -0.208 e. The van der Waals surface area contributed by atoms with E-state index in [4.69, 9.17) is 0 Å². The topological polar surface area (TPSA) is 7.76 Å². The van der Waals surface area contributed by atoms with E-state index < -0.39 is 0 Å². The van der Waals surface area contributed by atoms with Gasteiger partial charge in [0.05, 0.1) is 0 Å². The summed E-state index contributed by atoms with van der Waals surface area (Å²) in [5.41, 5.74) is 3.30. The molecule has 0 aliphatic heterocycles. The second-order valence-corrected chi connectivity index (χ2v) is 8.01. The molecule has 0 atom stereocenters. The molecule has 120 valence electrons. The van der Waals surface area contributed by atoms with Crippen LogP contribution < -0.4 is 9.13 Å². The van der Waals surface area contributed by atoms with Gasteiger partial charge in [0.2, 0.25) is 0 Å². The molecule has 0 amide bonds. The SMILES string of the molecule is C[n+]1ccc(C(C)(C)C)cc1.C[n+]1cccc(C(C)(C)C)c1. The first kappa shape index (κ1) is 18.3. The van der Waals surface area contributed by atoms with E-state index in [2.05, 4.69) is 107 Å². The van der Waals surface area contributed by atoms with Crippen LogP contribution in [-0.4, -0.2) is 0 Å². The molecule has 0 spiro atoms. The van der Waals surface area contributed by atoms with Crippen LogP contribution in [0.1, 0.15) is 52.7 Å². The number of hydrogen-bond acceptors (Lipinski definition) is 0. The standard InChI is InChI=1S/2C10H16N/c1-10(2,3)9-5-7-11(4)8-6-9;1-10(2,3)9-6-5-7-11(4)8-9/h2*5-8H,1-4H3/q2*+1. The third-order valence-electron chi connectivity index (χ3n) is 3.65. The largest absolute Gasteiger partial charge is 0.208 e. The minimum absolute atomic E-state index is 0.263. The summed E-state index contributed by atoms with van der Waals surface area (Å²) in [7, 11) is 4.08. The molecule has 22 heavy (non-hydrogen) atoms. The maximum Gasteiger partial charge on any atom is 0.172 e. The van der Waals surface area contributed by atoms with Gasteiger partial charge in [0, 0.05) is 23.8 Å². The first-order chi connectivity index (χ1) is 10.00. The van der Waals surface area contributed by atoms with E-state index in [9.17, 15) is 0 Å². The summed E-state index contributed by atoms with van der Waals surface area (Å²) < 4.78 is 4.13. The molecule has 0 aliphatic rings. The van der Waals surface area contributed by atoms with Gasteiger partial charge in [-0.25, -0.2) is 9.13 Å². The molecule has 2 nitrogen and oxygen atoms in total. The van der Waals surface area contributed by atoms with Crippen LogP contribution in [0.25, 0.3) is 0 Å². The normalized spacial score (nSPS) is 11.6. The highest BCUT2D eigenvalue weighted by Gasteiger charge is 2.15. The van der Waals surface area contributed by atoms with Crippen molar-refractivity contribution >= 4 is 0 Å². The molecule has 0 aliphatic carbocycles. The average molecular weight is 300 g/mol. The maximum atomic E-state index is 2.22. The van der Waals surface area contributed by atoms with Crippen LogP contribution in [-0.2, 0) is 24.9 Å². The first-order valence-corrected chi connectivity index (χ1v) is 7.92. The van der Waals surface area contributed by atoms with Crippen LogP contribution in [0.4, 0.5) is 0 Å². The van der Waals surface area contributed by atoms with Crippen LogP contribution in [0.5, 0.6) is 0 Å². The predicted molar refractivity (Wildman–Crippen MR) is 92.6 cm³/mol. The zero-order valence-corrected chi connectivity index (χ0v) is 15.5. The fourth-order valence-corrected chi connectivity index (χ4v) is 2.03. The van der Waals surface area contributed by atoms with Crippen molar-refractivity contribution in [3.8, 4) is 0 Å². The van der Waals surface area contributed by atoms with Crippen LogP contribution in [0.3, 0.4) is 0 Å². The highest BCUT2D eigenvalue weighted by atomic mass is 14.9. The summed E-state index contributed by atoms with van der Waals surface area (Å²) >= 11 is 0. The fraction of sp³-hybridized carbons (Fsp3) is 0.500. The molecule has 0 fully saturated rings. The van der Waals surface area contributed by atoms with Gasteiger partial charge in [-0.1, -0.05) is 41.5 Å². The Balaban J connectivity index is 0.000000220. The Hall–Kier alpha value is -1.70. The molecule has 0 aromatic carbocycles. The first-order valence-electron chi connectivity index (χ1n) is 7.92. The molecule has 2 aromatic heterocycles. The Morgan fingerprint density at radius 3 is 1.50 bits per heavy atom. The van der Waals surface area contributed by atoms with Gasteiger partial charge < -0.3 is 0 Å². The summed E-state index contributed by atoms with van der Waals surface area (Å²) in [6.45, 7) is 13.3. The van der Waals surface area contributed by atoms with Gasteiger partial charge in [0.1, 0.15) is 14.1 Å². The zero-order chi connectivity index (χ0) is 17.0. The Morgan fingerprint density at radius 2 is 1.14 bits per heavy atom. The van der Waals surface area contributed by atoms with Crippen molar-refractivity contribution in [1.82, 2.24) is 0 Å². The van der Waals surface area contributed by atoms with Crippen molar-refractivity contribution in [2.24, 2.45) is 14.1 Å². The predicted octanol–water partition coefficient (Wildman–Crippen LogP) is 3.62. The summed E-state index contributed by atoms with van der Waals surface area (Å²) in [6.07, 6.45) is 8.39. The van der Waals surface area contributed by atoms with Gasteiger partial charge in [0.15, 0.2) is 24.8 Å². The van der Waals surface area contributed by atoms with E-state index in [-0.39, 0.29) is 10.8 Å². The lowest BCUT2D eigenvalue weighted by molar-refractivity contribution is -0.672. The van der Waals surface area contributed by atoms with E-state index >= 15 is 0 Å². The van der Waals surface area contributed by atoms with Crippen molar-refractivity contribution in [2.45, 2.75) is 52.4 Å². The molecular weight excluding hydrogens is 268 g/mol. The highest BCUT2D eigenvalue weighted by Crippen LogP contribution is 2.20. The third kappa shape index (κ3) is 5.97. The summed E-state index contributed by atoms with van der Waals surface area (Å²) in [4.78, 5) is 0. The Morgan fingerprint density at radius 1 is 0.636 bits per heavy atom. The lowest BCUT2D eigenvalue weighted by Crippen LogP contribution is -2.29. The van der Waals surface area contributed by atoms with Crippen molar-refractivity contribution in [1.29, 1.82) is 0 Å². The van der Waals surface area contributed by atoms with Crippen molar-refractivity contribution in [2.75, 3.05) is 0 Å². The van der Waals surface area contributed by atoms with Crippen LogP contribution in [0, 0.1) is 0 Å². The van der Waals surface area contributed by atoms with E-state index in [1.54, 1.807) is 0 Å². The third-order valence-corrected chi connectivity index (χ3v) is 3.65. The van der Waals surface area contributed by atoms with E-state index in [0.717, 1.165) is 0 Å². The molecule has 0 unspecified atom stereocenters. The van der Waals surface area contributed by atoms with Crippen LogP contribution in [0.15, 0.2) is 49.1 Å². The Bertz CT molecular complexity index is 584. The van der Waals surface area contributed by atoms with Gasteiger partial charge in [-0.05, 0) is 22.5 Å². The monoisotopic (exact) mass is 300 g/mol. The maximum absolute atomic E-state index is 2.22. The average Bonchev–Trinajstić information content (AvgIpc) is 2.38. The number of rotatable bonds is 0. The quantitative estimate of drug-likeness (QED) is 0.657. The molecule has 0 saturated carbocycles. The van der Waals surface area contributed by atoms with Gasteiger partial charge in [-0.15, -0.1) is 0 Å². The molecule has 0 N–H and O–H groups in total. The molecule has 0 radical (unpaired) electrons. The summed E-state index contributed by atoms with van der Waals surface area (Å²) in [5.74, 6) is 0. The summed E-state index contributed by atoms with van der Waals surface area (Å²) in [6, 6.07) is 8.58. The van der Waals surface area contributed by atoms with Gasteiger partial charge in [-0.2, -0.15) is 0 Å². The molecular formula is C20H32N2+2.